The molecule has 1 aromatic heterocycles. The van der Waals surface area contributed by atoms with E-state index in [9.17, 15) is 14.7 Å². The Morgan fingerprint density at radius 2 is 1.80 bits per heavy atom. The van der Waals surface area contributed by atoms with Crippen LogP contribution in [0.4, 0.5) is 0 Å². The zero-order valence-corrected chi connectivity index (χ0v) is 14.4. The highest BCUT2D eigenvalue weighted by Gasteiger charge is 2.42. The maximum absolute atomic E-state index is 12.6. The van der Waals surface area contributed by atoms with E-state index in [1.165, 1.54) is 6.20 Å². The monoisotopic (exact) mass is 358 g/mol. The largest absolute Gasteiger partial charge is 0.481 e. The van der Waals surface area contributed by atoms with E-state index in [-0.39, 0.29) is 11.1 Å². The van der Waals surface area contributed by atoms with Crippen molar-refractivity contribution in [3.05, 3.63) is 64.9 Å². The number of amides is 1. The number of halogens is 1. The fraction of sp³-hybridized carbons (Fsp3) is 0.316. The maximum atomic E-state index is 12.6. The molecule has 0 saturated carbocycles. The highest BCUT2D eigenvalue weighted by Crippen LogP contribution is 2.36. The van der Waals surface area contributed by atoms with E-state index in [1.807, 2.05) is 30.3 Å². The van der Waals surface area contributed by atoms with Crippen LogP contribution in [0.25, 0.3) is 0 Å². The standard InChI is InChI=1S/C19H19ClN2O3/c20-16-15(7-4-10-21-16)17(23)22-11-8-19(9-12-22,18(24)25)13-14-5-2-1-3-6-14/h1-7,10H,8-9,11-13H2,(H,24,25). The number of hydrogen-bond donors (Lipinski definition) is 1. The summed E-state index contributed by atoms with van der Waals surface area (Å²) in [6.45, 7) is 0.784. The van der Waals surface area contributed by atoms with Crippen LogP contribution in [0.2, 0.25) is 5.15 Å². The van der Waals surface area contributed by atoms with Crippen LogP contribution >= 0.6 is 11.6 Å². The molecule has 1 fully saturated rings. The van der Waals surface area contributed by atoms with Gasteiger partial charge in [-0.05, 0) is 37.0 Å². The molecular weight excluding hydrogens is 340 g/mol. The van der Waals surface area contributed by atoms with E-state index in [1.54, 1.807) is 17.0 Å². The molecule has 2 heterocycles. The summed E-state index contributed by atoms with van der Waals surface area (Å²) < 4.78 is 0. The lowest BCUT2D eigenvalue weighted by Crippen LogP contribution is -2.47. The molecule has 1 amide bonds. The number of rotatable bonds is 4. The highest BCUT2D eigenvalue weighted by molar-refractivity contribution is 6.32. The molecule has 0 atom stereocenters. The molecule has 0 bridgehead atoms. The lowest BCUT2D eigenvalue weighted by atomic mass is 9.73. The fourth-order valence-electron chi connectivity index (χ4n) is 3.31. The van der Waals surface area contributed by atoms with Gasteiger partial charge in [0.15, 0.2) is 0 Å². The Morgan fingerprint density at radius 1 is 1.12 bits per heavy atom. The minimum Gasteiger partial charge on any atom is -0.481 e. The second kappa shape index (κ2) is 7.23. The Hall–Kier alpha value is -2.40. The molecule has 1 aromatic carbocycles. The van der Waals surface area contributed by atoms with Crippen molar-refractivity contribution in [3.63, 3.8) is 0 Å². The SMILES string of the molecule is O=C(c1cccnc1Cl)N1CCC(Cc2ccccc2)(C(=O)O)CC1. The summed E-state index contributed by atoms with van der Waals surface area (Å²) in [5.41, 5.74) is 0.520. The average molecular weight is 359 g/mol. The van der Waals surface area contributed by atoms with Gasteiger partial charge in [0, 0.05) is 19.3 Å². The molecular formula is C19H19ClN2O3. The van der Waals surface area contributed by atoms with Crippen LogP contribution in [0.5, 0.6) is 0 Å². The molecule has 1 aliphatic heterocycles. The number of carboxylic acid groups (broad SMARTS) is 1. The third kappa shape index (κ3) is 3.66. The van der Waals surface area contributed by atoms with Gasteiger partial charge in [0.05, 0.1) is 11.0 Å². The molecule has 25 heavy (non-hydrogen) atoms. The summed E-state index contributed by atoms with van der Waals surface area (Å²) in [7, 11) is 0. The molecule has 130 valence electrons. The Balaban J connectivity index is 1.73. The van der Waals surface area contributed by atoms with E-state index < -0.39 is 11.4 Å². The van der Waals surface area contributed by atoms with Gasteiger partial charge < -0.3 is 10.0 Å². The summed E-state index contributed by atoms with van der Waals surface area (Å²) in [5.74, 6) is -1.00. The van der Waals surface area contributed by atoms with Gasteiger partial charge in [-0.1, -0.05) is 41.9 Å². The zero-order chi connectivity index (χ0) is 17.9. The Morgan fingerprint density at radius 3 is 2.40 bits per heavy atom. The first-order chi connectivity index (χ1) is 12.0. The molecule has 3 rings (SSSR count). The van der Waals surface area contributed by atoms with Crippen molar-refractivity contribution in [1.82, 2.24) is 9.88 Å². The smallest absolute Gasteiger partial charge is 0.310 e. The number of pyridine rings is 1. The average Bonchev–Trinajstić information content (AvgIpc) is 2.63. The molecule has 1 saturated heterocycles. The number of benzene rings is 1. The van der Waals surface area contributed by atoms with E-state index in [0.717, 1.165) is 5.56 Å². The van der Waals surface area contributed by atoms with E-state index >= 15 is 0 Å². The van der Waals surface area contributed by atoms with Gasteiger partial charge in [0.1, 0.15) is 5.15 Å². The van der Waals surface area contributed by atoms with Crippen molar-refractivity contribution in [2.75, 3.05) is 13.1 Å². The van der Waals surface area contributed by atoms with Crippen molar-refractivity contribution in [1.29, 1.82) is 0 Å². The first-order valence-electron chi connectivity index (χ1n) is 8.19. The van der Waals surface area contributed by atoms with Gasteiger partial charge in [-0.15, -0.1) is 0 Å². The predicted octanol–water partition coefficient (Wildman–Crippen LogP) is 3.28. The van der Waals surface area contributed by atoms with E-state index in [0.29, 0.717) is 37.9 Å². The summed E-state index contributed by atoms with van der Waals surface area (Å²) in [6, 6.07) is 12.9. The third-order valence-corrected chi connectivity index (χ3v) is 5.14. The fourth-order valence-corrected chi connectivity index (χ4v) is 3.51. The van der Waals surface area contributed by atoms with Crippen molar-refractivity contribution < 1.29 is 14.7 Å². The number of likely N-dealkylation sites (tertiary alicyclic amines) is 1. The van der Waals surface area contributed by atoms with Gasteiger partial charge in [-0.3, -0.25) is 9.59 Å². The van der Waals surface area contributed by atoms with Gasteiger partial charge in [0.25, 0.3) is 5.91 Å². The molecule has 6 heteroatoms. The third-order valence-electron chi connectivity index (χ3n) is 4.84. The summed E-state index contributed by atoms with van der Waals surface area (Å²) in [6.07, 6.45) is 2.84. The van der Waals surface area contributed by atoms with Crippen molar-refractivity contribution in [2.24, 2.45) is 5.41 Å². The van der Waals surface area contributed by atoms with Crippen LogP contribution < -0.4 is 0 Å². The van der Waals surface area contributed by atoms with Gasteiger partial charge >= 0.3 is 5.97 Å². The Labute approximate surface area is 151 Å². The summed E-state index contributed by atoms with van der Waals surface area (Å²) in [5, 5.41) is 9.97. The van der Waals surface area contributed by atoms with Crippen molar-refractivity contribution in [3.8, 4) is 0 Å². The number of carboxylic acids is 1. The van der Waals surface area contributed by atoms with Gasteiger partial charge in [-0.25, -0.2) is 4.98 Å². The zero-order valence-electron chi connectivity index (χ0n) is 13.7. The first kappa shape index (κ1) is 17.4. The molecule has 2 aromatic rings. The van der Waals surface area contributed by atoms with Gasteiger partial charge in [0.2, 0.25) is 0 Å². The molecule has 0 unspecified atom stereocenters. The summed E-state index contributed by atoms with van der Waals surface area (Å²) >= 11 is 6.00. The Bertz CT molecular complexity index is 771. The van der Waals surface area contributed by atoms with Crippen LogP contribution in [-0.2, 0) is 11.2 Å². The molecule has 0 spiro atoms. The molecule has 5 nitrogen and oxygen atoms in total. The van der Waals surface area contributed by atoms with Crippen LogP contribution in [0.1, 0.15) is 28.8 Å². The lowest BCUT2D eigenvalue weighted by molar-refractivity contribution is -0.151. The summed E-state index contributed by atoms with van der Waals surface area (Å²) in [4.78, 5) is 30.2. The predicted molar refractivity (Wildman–Crippen MR) is 94.6 cm³/mol. The minimum absolute atomic E-state index is 0.173. The molecule has 0 aliphatic carbocycles. The minimum atomic E-state index is -0.836. The van der Waals surface area contributed by atoms with Crippen LogP contribution in [0.15, 0.2) is 48.7 Å². The topological polar surface area (TPSA) is 70.5 Å². The van der Waals surface area contributed by atoms with Crippen molar-refractivity contribution >= 4 is 23.5 Å². The first-order valence-corrected chi connectivity index (χ1v) is 8.57. The number of carbonyl (C=O) groups excluding carboxylic acids is 1. The quantitative estimate of drug-likeness (QED) is 0.851. The normalized spacial score (nSPS) is 16.4. The second-order valence-corrected chi connectivity index (χ2v) is 6.74. The van der Waals surface area contributed by atoms with E-state index in [2.05, 4.69) is 4.98 Å². The molecule has 1 N–H and O–H groups in total. The van der Waals surface area contributed by atoms with E-state index in [4.69, 9.17) is 11.6 Å². The number of carbonyl (C=O) groups is 2. The number of aliphatic carboxylic acids is 1. The number of hydrogen-bond acceptors (Lipinski definition) is 3. The van der Waals surface area contributed by atoms with Crippen LogP contribution in [0.3, 0.4) is 0 Å². The number of aromatic nitrogens is 1. The number of piperidine rings is 1. The molecule has 0 radical (unpaired) electrons. The lowest BCUT2D eigenvalue weighted by Gasteiger charge is -2.39. The Kier molecular flexibility index (Phi) is 5.04. The second-order valence-electron chi connectivity index (χ2n) is 6.38. The number of nitrogens with zero attached hydrogens (tertiary/aromatic N) is 2. The molecule has 1 aliphatic rings. The van der Waals surface area contributed by atoms with Crippen molar-refractivity contribution in [2.45, 2.75) is 19.3 Å². The van der Waals surface area contributed by atoms with Gasteiger partial charge in [-0.2, -0.15) is 0 Å². The van der Waals surface area contributed by atoms with Crippen LogP contribution in [0, 0.1) is 5.41 Å². The highest BCUT2D eigenvalue weighted by atomic mass is 35.5. The maximum Gasteiger partial charge on any atom is 0.310 e. The van der Waals surface area contributed by atoms with Crippen LogP contribution in [-0.4, -0.2) is 40.0 Å².